The van der Waals surface area contributed by atoms with Crippen LogP contribution in [0.15, 0.2) is 42.5 Å². The number of anilines is 1. The van der Waals surface area contributed by atoms with E-state index in [1.165, 1.54) is 24.3 Å². The van der Waals surface area contributed by atoms with Crippen LogP contribution in [0, 0.1) is 11.6 Å². The summed E-state index contributed by atoms with van der Waals surface area (Å²) in [6.45, 7) is 1.97. The minimum Gasteiger partial charge on any atom is -0.486 e. The van der Waals surface area contributed by atoms with Crippen molar-refractivity contribution >= 4 is 24.0 Å². The van der Waals surface area contributed by atoms with E-state index in [-0.39, 0.29) is 36.5 Å². The van der Waals surface area contributed by atoms with Gasteiger partial charge in [-0.3, -0.25) is 4.79 Å². The molecule has 0 aliphatic rings. The van der Waals surface area contributed by atoms with Gasteiger partial charge in [-0.25, -0.2) is 8.78 Å². The third-order valence-corrected chi connectivity index (χ3v) is 3.42. The molecular formula is C18H21ClF2N2O2. The Bertz CT molecular complexity index is 713. The zero-order chi connectivity index (χ0) is 17.5. The molecule has 0 radical (unpaired) electrons. The van der Waals surface area contributed by atoms with Gasteiger partial charge in [-0.2, -0.15) is 0 Å². The first-order valence-corrected chi connectivity index (χ1v) is 7.73. The van der Waals surface area contributed by atoms with E-state index in [2.05, 4.69) is 5.32 Å². The molecule has 0 bridgehead atoms. The first-order chi connectivity index (χ1) is 11.5. The van der Waals surface area contributed by atoms with E-state index >= 15 is 0 Å². The number of rotatable bonds is 7. The van der Waals surface area contributed by atoms with Gasteiger partial charge in [0, 0.05) is 11.8 Å². The molecule has 0 spiro atoms. The third-order valence-electron chi connectivity index (χ3n) is 3.42. The Balaban J connectivity index is 0.00000312. The van der Waals surface area contributed by atoms with E-state index < -0.39 is 11.9 Å². The SMILES string of the molecule is CCCC(N)C(=O)Nc1ccc(OCc2cccc(F)c2)c(F)c1.Cl. The Kier molecular flexibility index (Phi) is 8.31. The molecule has 136 valence electrons. The van der Waals surface area contributed by atoms with Crippen molar-refractivity contribution in [2.45, 2.75) is 32.4 Å². The van der Waals surface area contributed by atoms with Gasteiger partial charge in [-0.05, 0) is 36.2 Å². The van der Waals surface area contributed by atoms with E-state index in [0.717, 1.165) is 12.5 Å². The molecule has 0 fully saturated rings. The quantitative estimate of drug-likeness (QED) is 0.773. The fourth-order valence-corrected chi connectivity index (χ4v) is 2.16. The van der Waals surface area contributed by atoms with Crippen molar-refractivity contribution in [2.24, 2.45) is 5.73 Å². The highest BCUT2D eigenvalue weighted by Gasteiger charge is 2.13. The van der Waals surface area contributed by atoms with E-state index in [1.807, 2.05) is 6.92 Å². The maximum atomic E-state index is 14.1. The minimum atomic E-state index is -0.623. The standard InChI is InChI=1S/C18H20F2N2O2.ClH/c1-2-4-16(21)18(23)22-14-7-8-17(15(20)10-14)24-11-12-5-3-6-13(19)9-12;/h3,5-10,16H,2,4,11,21H2,1H3,(H,22,23);1H. The van der Waals surface area contributed by atoms with E-state index in [0.29, 0.717) is 17.7 Å². The maximum absolute atomic E-state index is 14.1. The summed E-state index contributed by atoms with van der Waals surface area (Å²) in [5.41, 5.74) is 6.61. The van der Waals surface area contributed by atoms with Gasteiger partial charge in [0.25, 0.3) is 0 Å². The van der Waals surface area contributed by atoms with Gasteiger partial charge in [-0.15, -0.1) is 12.4 Å². The Morgan fingerprint density at radius 3 is 2.64 bits per heavy atom. The molecule has 0 aliphatic heterocycles. The molecule has 3 N–H and O–H groups in total. The second-order valence-electron chi connectivity index (χ2n) is 5.45. The normalized spacial score (nSPS) is 11.4. The average molecular weight is 371 g/mol. The third kappa shape index (κ3) is 6.32. The summed E-state index contributed by atoms with van der Waals surface area (Å²) in [6.07, 6.45) is 1.35. The molecule has 0 saturated carbocycles. The lowest BCUT2D eigenvalue weighted by molar-refractivity contribution is -0.117. The summed E-state index contributed by atoms with van der Waals surface area (Å²) in [4.78, 5) is 11.8. The molecule has 25 heavy (non-hydrogen) atoms. The highest BCUT2D eigenvalue weighted by Crippen LogP contribution is 2.22. The Labute approximate surface area is 151 Å². The van der Waals surface area contributed by atoms with Gasteiger partial charge in [0.2, 0.25) is 5.91 Å². The molecule has 4 nitrogen and oxygen atoms in total. The number of amides is 1. The zero-order valence-electron chi connectivity index (χ0n) is 13.8. The topological polar surface area (TPSA) is 64.4 Å². The van der Waals surface area contributed by atoms with E-state index in [1.54, 1.807) is 12.1 Å². The van der Waals surface area contributed by atoms with Crippen molar-refractivity contribution in [1.82, 2.24) is 0 Å². The lowest BCUT2D eigenvalue weighted by Crippen LogP contribution is -2.35. The van der Waals surface area contributed by atoms with Gasteiger partial charge in [0.05, 0.1) is 6.04 Å². The lowest BCUT2D eigenvalue weighted by atomic mass is 10.1. The number of carbonyl (C=O) groups excluding carboxylic acids is 1. The van der Waals surface area contributed by atoms with Crippen LogP contribution in [-0.2, 0) is 11.4 Å². The molecule has 2 aromatic carbocycles. The largest absolute Gasteiger partial charge is 0.486 e. The summed E-state index contributed by atoms with van der Waals surface area (Å²) >= 11 is 0. The Morgan fingerprint density at radius 2 is 2.00 bits per heavy atom. The van der Waals surface area contributed by atoms with Crippen LogP contribution in [0.3, 0.4) is 0 Å². The van der Waals surface area contributed by atoms with Crippen LogP contribution >= 0.6 is 12.4 Å². The highest BCUT2D eigenvalue weighted by molar-refractivity contribution is 5.94. The molecule has 0 aliphatic carbocycles. The van der Waals surface area contributed by atoms with Crippen molar-refractivity contribution in [3.63, 3.8) is 0 Å². The van der Waals surface area contributed by atoms with Gasteiger partial charge in [0.15, 0.2) is 11.6 Å². The van der Waals surface area contributed by atoms with Gasteiger partial charge < -0.3 is 15.8 Å². The van der Waals surface area contributed by atoms with Crippen molar-refractivity contribution in [1.29, 1.82) is 0 Å². The second kappa shape index (κ2) is 9.96. The lowest BCUT2D eigenvalue weighted by Gasteiger charge is -2.12. The van der Waals surface area contributed by atoms with Crippen molar-refractivity contribution in [3.8, 4) is 5.75 Å². The van der Waals surface area contributed by atoms with E-state index in [9.17, 15) is 13.6 Å². The number of halogens is 3. The van der Waals surface area contributed by atoms with Gasteiger partial charge >= 0.3 is 0 Å². The predicted molar refractivity (Wildman–Crippen MR) is 95.9 cm³/mol. The predicted octanol–water partition coefficient (Wildman–Crippen LogP) is 4.03. The van der Waals surface area contributed by atoms with Crippen LogP contribution in [0.25, 0.3) is 0 Å². The van der Waals surface area contributed by atoms with Crippen LogP contribution in [-0.4, -0.2) is 11.9 Å². The fourth-order valence-electron chi connectivity index (χ4n) is 2.16. The van der Waals surface area contributed by atoms with Crippen molar-refractivity contribution in [3.05, 3.63) is 59.7 Å². The van der Waals surface area contributed by atoms with Gasteiger partial charge in [-0.1, -0.05) is 25.5 Å². The molecular weight excluding hydrogens is 350 g/mol. The highest BCUT2D eigenvalue weighted by atomic mass is 35.5. The summed E-state index contributed by atoms with van der Waals surface area (Å²) < 4.78 is 32.5. The summed E-state index contributed by atoms with van der Waals surface area (Å²) in [6, 6.07) is 9.37. The number of hydrogen-bond donors (Lipinski definition) is 2. The zero-order valence-corrected chi connectivity index (χ0v) is 14.6. The first-order valence-electron chi connectivity index (χ1n) is 7.73. The summed E-state index contributed by atoms with van der Waals surface area (Å²) in [7, 11) is 0. The van der Waals surface area contributed by atoms with Crippen LogP contribution in [0.4, 0.5) is 14.5 Å². The van der Waals surface area contributed by atoms with E-state index in [4.69, 9.17) is 10.5 Å². The first kappa shape index (κ1) is 20.9. The smallest absolute Gasteiger partial charge is 0.241 e. The number of nitrogens with one attached hydrogen (secondary N) is 1. The van der Waals surface area contributed by atoms with Crippen molar-refractivity contribution in [2.75, 3.05) is 5.32 Å². The number of nitrogens with two attached hydrogens (primary N) is 1. The number of hydrogen-bond acceptors (Lipinski definition) is 3. The average Bonchev–Trinajstić information content (AvgIpc) is 2.54. The molecule has 0 aromatic heterocycles. The molecule has 0 heterocycles. The number of carbonyl (C=O) groups is 1. The fraction of sp³-hybridized carbons (Fsp3) is 0.278. The molecule has 1 unspecified atom stereocenters. The molecule has 0 saturated heterocycles. The minimum absolute atomic E-state index is 0. The molecule has 7 heteroatoms. The molecule has 2 rings (SSSR count). The molecule has 1 amide bonds. The monoisotopic (exact) mass is 370 g/mol. The molecule has 2 aromatic rings. The van der Waals surface area contributed by atoms with Crippen LogP contribution < -0.4 is 15.8 Å². The second-order valence-corrected chi connectivity index (χ2v) is 5.45. The van der Waals surface area contributed by atoms with Crippen LogP contribution in [0.1, 0.15) is 25.3 Å². The van der Waals surface area contributed by atoms with Crippen LogP contribution in [0.2, 0.25) is 0 Å². The van der Waals surface area contributed by atoms with Gasteiger partial charge in [0.1, 0.15) is 12.4 Å². The number of ether oxygens (including phenoxy) is 1. The summed E-state index contributed by atoms with van der Waals surface area (Å²) in [5.74, 6) is -1.33. The maximum Gasteiger partial charge on any atom is 0.241 e. The van der Waals surface area contributed by atoms with Crippen molar-refractivity contribution < 1.29 is 18.3 Å². The Hall–Kier alpha value is -2.18. The summed E-state index contributed by atoms with van der Waals surface area (Å²) in [5, 5.41) is 2.57. The number of benzene rings is 2. The Morgan fingerprint density at radius 1 is 1.24 bits per heavy atom. The molecule has 1 atom stereocenters. The van der Waals surface area contributed by atoms with Crippen LogP contribution in [0.5, 0.6) is 5.75 Å².